The molecule has 1 aromatic rings. The molecule has 0 aromatic heterocycles. The van der Waals surface area contributed by atoms with Crippen LogP contribution < -0.4 is 5.14 Å². The largest absolute Gasteiger partial charge is 0.342 e. The van der Waals surface area contributed by atoms with Crippen LogP contribution >= 0.6 is 0 Å². The molecule has 1 aromatic carbocycles. The molecule has 0 saturated carbocycles. The van der Waals surface area contributed by atoms with Crippen molar-refractivity contribution in [1.29, 1.82) is 0 Å². The predicted octanol–water partition coefficient (Wildman–Crippen LogP) is 1.51. The van der Waals surface area contributed by atoms with Crippen LogP contribution in [-0.4, -0.2) is 32.8 Å². The van der Waals surface area contributed by atoms with Crippen LogP contribution in [0.15, 0.2) is 23.1 Å². The van der Waals surface area contributed by atoms with Crippen LogP contribution in [0.4, 0.5) is 0 Å². The van der Waals surface area contributed by atoms with Crippen LogP contribution in [0.2, 0.25) is 0 Å². The Morgan fingerprint density at radius 1 is 1.37 bits per heavy atom. The molecule has 0 aliphatic carbocycles. The van der Waals surface area contributed by atoms with Crippen molar-refractivity contribution in [1.82, 2.24) is 4.90 Å². The first-order valence-corrected chi connectivity index (χ1v) is 7.71. The van der Waals surface area contributed by atoms with E-state index in [0.29, 0.717) is 17.7 Å². The van der Waals surface area contributed by atoms with Gasteiger partial charge in [0, 0.05) is 19.2 Å². The Morgan fingerprint density at radius 3 is 2.53 bits per heavy atom. The summed E-state index contributed by atoms with van der Waals surface area (Å²) < 4.78 is 22.8. The maximum atomic E-state index is 12.1. The first-order chi connectivity index (χ1) is 8.77. The van der Waals surface area contributed by atoms with Gasteiger partial charge in [-0.1, -0.05) is 19.4 Å². The van der Waals surface area contributed by atoms with Gasteiger partial charge in [0.05, 0.1) is 4.90 Å². The third kappa shape index (κ3) is 4.04. The topological polar surface area (TPSA) is 80.5 Å². The SMILES string of the molecule is CCCCN(C)C(=O)c1ccc(C)c(S(N)(=O)=O)c1. The lowest BCUT2D eigenvalue weighted by Gasteiger charge is -2.17. The zero-order valence-electron chi connectivity index (χ0n) is 11.5. The average molecular weight is 284 g/mol. The Morgan fingerprint density at radius 2 is 2.00 bits per heavy atom. The lowest BCUT2D eigenvalue weighted by atomic mass is 10.1. The molecule has 0 aliphatic rings. The molecule has 0 radical (unpaired) electrons. The fraction of sp³-hybridized carbons (Fsp3) is 0.462. The molecule has 1 amide bonds. The van der Waals surface area contributed by atoms with Gasteiger partial charge in [0.25, 0.3) is 5.91 Å². The van der Waals surface area contributed by atoms with Crippen LogP contribution in [0.25, 0.3) is 0 Å². The Hall–Kier alpha value is -1.40. The summed E-state index contributed by atoms with van der Waals surface area (Å²) in [6, 6.07) is 4.56. The zero-order valence-corrected chi connectivity index (χ0v) is 12.3. The van der Waals surface area contributed by atoms with Gasteiger partial charge in [-0.25, -0.2) is 13.6 Å². The second-order valence-corrected chi connectivity index (χ2v) is 6.14. The highest BCUT2D eigenvalue weighted by Crippen LogP contribution is 2.16. The average Bonchev–Trinajstić information content (AvgIpc) is 2.34. The second-order valence-electron chi connectivity index (χ2n) is 4.61. The number of nitrogens with two attached hydrogens (primary N) is 1. The van der Waals surface area contributed by atoms with Gasteiger partial charge in [-0.2, -0.15) is 0 Å². The summed E-state index contributed by atoms with van der Waals surface area (Å²) in [5.74, 6) is -0.196. The van der Waals surface area contributed by atoms with Crippen molar-refractivity contribution >= 4 is 15.9 Å². The third-order valence-electron chi connectivity index (χ3n) is 2.94. The number of carbonyl (C=O) groups excluding carboxylic acids is 1. The number of rotatable bonds is 5. The van der Waals surface area contributed by atoms with E-state index in [0.717, 1.165) is 12.8 Å². The van der Waals surface area contributed by atoms with Crippen LogP contribution in [-0.2, 0) is 10.0 Å². The molecule has 0 fully saturated rings. The number of hydrogen-bond acceptors (Lipinski definition) is 3. The summed E-state index contributed by atoms with van der Waals surface area (Å²) in [5.41, 5.74) is 0.878. The number of nitrogens with zero attached hydrogens (tertiary/aromatic N) is 1. The Bertz CT molecular complexity index is 567. The highest BCUT2D eigenvalue weighted by Gasteiger charge is 2.17. The molecule has 6 heteroatoms. The number of benzene rings is 1. The molecular formula is C13H20N2O3S. The third-order valence-corrected chi connectivity index (χ3v) is 3.99. The van der Waals surface area contributed by atoms with E-state index in [1.165, 1.54) is 6.07 Å². The van der Waals surface area contributed by atoms with Crippen molar-refractivity contribution in [3.05, 3.63) is 29.3 Å². The predicted molar refractivity (Wildman–Crippen MR) is 74.4 cm³/mol. The number of sulfonamides is 1. The fourth-order valence-electron chi connectivity index (χ4n) is 1.76. The van der Waals surface area contributed by atoms with Crippen molar-refractivity contribution in [2.75, 3.05) is 13.6 Å². The molecule has 0 heterocycles. The molecule has 0 unspecified atom stereocenters. The van der Waals surface area contributed by atoms with Gasteiger partial charge >= 0.3 is 0 Å². The smallest absolute Gasteiger partial charge is 0.253 e. The standard InChI is InChI=1S/C13H20N2O3S/c1-4-5-8-15(3)13(16)11-7-6-10(2)12(9-11)19(14,17)18/h6-7,9H,4-5,8H2,1-3H3,(H2,14,17,18). The molecule has 0 spiro atoms. The minimum Gasteiger partial charge on any atom is -0.342 e. The number of unbranched alkanes of at least 4 members (excludes halogenated alkanes) is 1. The van der Waals surface area contributed by atoms with Gasteiger partial charge in [0.1, 0.15) is 0 Å². The van der Waals surface area contributed by atoms with E-state index in [9.17, 15) is 13.2 Å². The molecule has 19 heavy (non-hydrogen) atoms. The van der Waals surface area contributed by atoms with E-state index < -0.39 is 10.0 Å². The molecule has 0 saturated heterocycles. The number of aryl methyl sites for hydroxylation is 1. The summed E-state index contributed by atoms with van der Waals surface area (Å²) in [6.07, 6.45) is 1.91. The lowest BCUT2D eigenvalue weighted by Crippen LogP contribution is -2.28. The molecule has 2 N–H and O–H groups in total. The first-order valence-electron chi connectivity index (χ1n) is 6.16. The maximum absolute atomic E-state index is 12.1. The Kier molecular flexibility index (Phi) is 5.08. The van der Waals surface area contributed by atoms with Gasteiger partial charge in [-0.3, -0.25) is 4.79 Å². The van der Waals surface area contributed by atoms with E-state index in [1.54, 1.807) is 31.0 Å². The Labute approximate surface area is 114 Å². The van der Waals surface area contributed by atoms with Crippen LogP contribution in [0.1, 0.15) is 35.7 Å². The van der Waals surface area contributed by atoms with Crippen molar-refractivity contribution in [2.24, 2.45) is 5.14 Å². The number of amides is 1. The first kappa shape index (κ1) is 15.7. The second kappa shape index (κ2) is 6.16. The summed E-state index contributed by atoms with van der Waals surface area (Å²) >= 11 is 0. The van der Waals surface area contributed by atoms with Gasteiger partial charge in [0.15, 0.2) is 0 Å². The molecular weight excluding hydrogens is 264 g/mol. The zero-order chi connectivity index (χ0) is 14.6. The van der Waals surface area contributed by atoms with E-state index >= 15 is 0 Å². The van der Waals surface area contributed by atoms with Crippen molar-refractivity contribution in [3.8, 4) is 0 Å². The fourth-order valence-corrected chi connectivity index (χ4v) is 2.56. The number of carbonyl (C=O) groups is 1. The summed E-state index contributed by atoms with van der Waals surface area (Å²) in [6.45, 7) is 4.34. The van der Waals surface area contributed by atoms with Crippen molar-refractivity contribution in [3.63, 3.8) is 0 Å². The van der Waals surface area contributed by atoms with Crippen molar-refractivity contribution < 1.29 is 13.2 Å². The van der Waals surface area contributed by atoms with Gasteiger partial charge in [-0.05, 0) is 31.0 Å². The van der Waals surface area contributed by atoms with Crippen LogP contribution in [0, 0.1) is 6.92 Å². The molecule has 0 atom stereocenters. The lowest BCUT2D eigenvalue weighted by molar-refractivity contribution is 0.0793. The van der Waals surface area contributed by atoms with Gasteiger partial charge in [0.2, 0.25) is 10.0 Å². The monoisotopic (exact) mass is 284 g/mol. The quantitative estimate of drug-likeness (QED) is 0.890. The highest BCUT2D eigenvalue weighted by atomic mass is 32.2. The van der Waals surface area contributed by atoms with Gasteiger partial charge < -0.3 is 4.90 Å². The molecule has 106 valence electrons. The maximum Gasteiger partial charge on any atom is 0.253 e. The van der Waals surface area contributed by atoms with E-state index in [1.807, 2.05) is 6.92 Å². The van der Waals surface area contributed by atoms with Gasteiger partial charge in [-0.15, -0.1) is 0 Å². The van der Waals surface area contributed by atoms with E-state index in [4.69, 9.17) is 5.14 Å². The molecule has 0 aliphatic heterocycles. The van der Waals surface area contributed by atoms with Crippen molar-refractivity contribution in [2.45, 2.75) is 31.6 Å². The number of hydrogen-bond donors (Lipinski definition) is 1. The molecule has 1 rings (SSSR count). The summed E-state index contributed by atoms with van der Waals surface area (Å²) in [7, 11) is -2.10. The van der Waals surface area contributed by atoms with Crippen LogP contribution in [0.3, 0.4) is 0 Å². The highest BCUT2D eigenvalue weighted by molar-refractivity contribution is 7.89. The normalized spacial score (nSPS) is 11.4. The summed E-state index contributed by atoms with van der Waals surface area (Å²) in [5, 5.41) is 5.13. The Balaban J connectivity index is 3.06. The molecule has 5 nitrogen and oxygen atoms in total. The van der Waals surface area contributed by atoms with E-state index in [-0.39, 0.29) is 10.8 Å². The molecule has 0 bridgehead atoms. The van der Waals surface area contributed by atoms with Crippen LogP contribution in [0.5, 0.6) is 0 Å². The van der Waals surface area contributed by atoms with E-state index in [2.05, 4.69) is 0 Å². The minimum absolute atomic E-state index is 0.00208. The minimum atomic E-state index is -3.80. The number of primary sulfonamides is 1. The summed E-state index contributed by atoms with van der Waals surface area (Å²) in [4.78, 5) is 13.7.